The van der Waals surface area contributed by atoms with Gasteiger partial charge in [-0.05, 0) is 6.07 Å². The van der Waals surface area contributed by atoms with Crippen LogP contribution in [0.15, 0.2) is 54.2 Å². The van der Waals surface area contributed by atoms with Gasteiger partial charge in [0.15, 0.2) is 11.7 Å². The maximum atomic E-state index is 12.4. The maximum absolute atomic E-state index is 12.4. The fraction of sp³-hybridized carbons (Fsp3) is 0.263. The minimum Gasteiger partial charge on any atom is -0.330 e. The van der Waals surface area contributed by atoms with Crippen LogP contribution >= 0.6 is 11.3 Å². The molecule has 138 valence electrons. The minimum absolute atomic E-state index is 0.00312. The van der Waals surface area contributed by atoms with Crippen molar-refractivity contribution < 1.29 is 9.69 Å². The first-order chi connectivity index (χ1) is 13.3. The third kappa shape index (κ3) is 4.47. The monoisotopic (exact) mass is 381 g/mol. The predicted octanol–water partition coefficient (Wildman–Crippen LogP) is 0.944. The van der Waals surface area contributed by atoms with E-state index >= 15 is 0 Å². The van der Waals surface area contributed by atoms with Crippen molar-refractivity contribution in [2.24, 2.45) is 0 Å². The highest BCUT2D eigenvalue weighted by atomic mass is 32.1. The molecular formula is C19H21N6OS+. The second-order valence-corrected chi connectivity index (χ2v) is 7.27. The van der Waals surface area contributed by atoms with Gasteiger partial charge in [-0.25, -0.2) is 15.0 Å². The van der Waals surface area contributed by atoms with Gasteiger partial charge in [0.1, 0.15) is 0 Å². The van der Waals surface area contributed by atoms with Gasteiger partial charge >= 0.3 is 0 Å². The SMILES string of the molecule is O=C(C[NH+]1CCN(c2ncccn2)CC1)Nc1nc(-c2ccccc2)cs1. The number of piperazine rings is 1. The highest BCUT2D eigenvalue weighted by molar-refractivity contribution is 7.14. The van der Waals surface area contributed by atoms with Gasteiger partial charge in [-0.3, -0.25) is 10.1 Å². The quantitative estimate of drug-likeness (QED) is 0.688. The fourth-order valence-corrected chi connectivity index (χ4v) is 3.85. The van der Waals surface area contributed by atoms with Crippen molar-refractivity contribution in [1.82, 2.24) is 15.0 Å². The number of hydrogen-bond acceptors (Lipinski definition) is 6. The van der Waals surface area contributed by atoms with E-state index in [1.165, 1.54) is 16.2 Å². The van der Waals surface area contributed by atoms with E-state index in [4.69, 9.17) is 0 Å². The Morgan fingerprint density at radius 2 is 1.85 bits per heavy atom. The number of rotatable bonds is 5. The van der Waals surface area contributed by atoms with Crippen molar-refractivity contribution in [3.8, 4) is 11.3 Å². The number of amides is 1. The number of aromatic nitrogens is 3. The summed E-state index contributed by atoms with van der Waals surface area (Å²) in [6.07, 6.45) is 3.51. The van der Waals surface area contributed by atoms with E-state index in [-0.39, 0.29) is 5.91 Å². The number of nitrogens with zero attached hydrogens (tertiary/aromatic N) is 4. The molecule has 2 N–H and O–H groups in total. The van der Waals surface area contributed by atoms with Gasteiger partial charge in [0.25, 0.3) is 5.91 Å². The Morgan fingerprint density at radius 3 is 2.59 bits per heavy atom. The molecule has 3 heterocycles. The first-order valence-electron chi connectivity index (χ1n) is 8.94. The first-order valence-corrected chi connectivity index (χ1v) is 9.82. The Balaban J connectivity index is 1.27. The highest BCUT2D eigenvalue weighted by Gasteiger charge is 2.23. The molecule has 0 radical (unpaired) electrons. The standard InChI is InChI=1S/C19H20N6OS/c26-17(23-19-22-16(14-27-19)15-5-2-1-3-6-15)13-24-9-11-25(12-10-24)18-20-7-4-8-21-18/h1-8,14H,9-13H2,(H,22,23,26)/p+1. The van der Waals surface area contributed by atoms with E-state index in [1.807, 2.05) is 41.8 Å². The largest absolute Gasteiger partial charge is 0.330 e. The molecule has 2 aromatic heterocycles. The fourth-order valence-electron chi connectivity index (χ4n) is 3.12. The summed E-state index contributed by atoms with van der Waals surface area (Å²) in [5.74, 6) is 0.764. The molecular weight excluding hydrogens is 360 g/mol. The first kappa shape index (κ1) is 17.6. The van der Waals surface area contributed by atoms with E-state index in [1.54, 1.807) is 12.4 Å². The molecule has 1 fully saturated rings. The van der Waals surface area contributed by atoms with Gasteiger partial charge in [0, 0.05) is 23.3 Å². The number of carbonyl (C=O) groups is 1. The third-order valence-corrected chi connectivity index (χ3v) is 5.29. The molecule has 1 aliphatic rings. The summed E-state index contributed by atoms with van der Waals surface area (Å²) in [6, 6.07) is 11.8. The van der Waals surface area contributed by atoms with Gasteiger partial charge in [-0.2, -0.15) is 0 Å². The lowest BCUT2D eigenvalue weighted by Crippen LogP contribution is -3.15. The summed E-state index contributed by atoms with van der Waals surface area (Å²) in [6.45, 7) is 3.92. The van der Waals surface area contributed by atoms with Crippen LogP contribution in [0.25, 0.3) is 11.3 Å². The van der Waals surface area contributed by atoms with Crippen molar-refractivity contribution in [2.45, 2.75) is 0 Å². The normalized spacial score (nSPS) is 14.9. The molecule has 0 saturated carbocycles. The number of anilines is 2. The van der Waals surface area contributed by atoms with Crippen molar-refractivity contribution in [1.29, 1.82) is 0 Å². The van der Waals surface area contributed by atoms with E-state index in [2.05, 4.69) is 25.2 Å². The van der Waals surface area contributed by atoms with Crippen molar-refractivity contribution in [3.05, 3.63) is 54.2 Å². The molecule has 27 heavy (non-hydrogen) atoms. The lowest BCUT2D eigenvalue weighted by Gasteiger charge is -2.31. The lowest BCUT2D eigenvalue weighted by molar-refractivity contribution is -0.892. The Hall–Kier alpha value is -2.84. The summed E-state index contributed by atoms with van der Waals surface area (Å²) in [4.78, 5) is 28.9. The number of nitrogens with one attached hydrogen (secondary N) is 2. The van der Waals surface area contributed by atoms with E-state index in [9.17, 15) is 4.79 Å². The Morgan fingerprint density at radius 1 is 1.11 bits per heavy atom. The number of quaternary nitrogens is 1. The van der Waals surface area contributed by atoms with Gasteiger partial charge in [0.2, 0.25) is 5.95 Å². The zero-order chi connectivity index (χ0) is 18.5. The second kappa shape index (κ2) is 8.24. The molecule has 1 aromatic carbocycles. The van der Waals surface area contributed by atoms with Gasteiger partial charge in [-0.15, -0.1) is 11.3 Å². The predicted molar refractivity (Wildman–Crippen MR) is 106 cm³/mol. The summed E-state index contributed by atoms with van der Waals surface area (Å²) < 4.78 is 0. The average Bonchev–Trinajstić information content (AvgIpc) is 3.18. The average molecular weight is 381 g/mol. The van der Waals surface area contributed by atoms with Gasteiger partial charge in [0.05, 0.1) is 31.9 Å². The van der Waals surface area contributed by atoms with Crippen molar-refractivity contribution in [2.75, 3.05) is 42.9 Å². The molecule has 1 amide bonds. The Bertz CT molecular complexity index is 877. The van der Waals surface area contributed by atoms with Gasteiger partial charge < -0.3 is 9.80 Å². The van der Waals surface area contributed by atoms with E-state index in [0.29, 0.717) is 11.7 Å². The molecule has 7 nitrogen and oxygen atoms in total. The Labute approximate surface area is 161 Å². The molecule has 0 aliphatic carbocycles. The van der Waals surface area contributed by atoms with Crippen LogP contribution in [0.2, 0.25) is 0 Å². The molecule has 1 aliphatic heterocycles. The lowest BCUT2D eigenvalue weighted by atomic mass is 10.2. The minimum atomic E-state index is 0.00312. The molecule has 1 saturated heterocycles. The molecule has 8 heteroatoms. The van der Waals surface area contributed by atoms with Crippen LogP contribution in [0.1, 0.15) is 0 Å². The summed E-state index contributed by atoms with van der Waals surface area (Å²) >= 11 is 1.46. The smallest absolute Gasteiger partial charge is 0.281 e. The van der Waals surface area contributed by atoms with Crippen molar-refractivity contribution in [3.63, 3.8) is 0 Å². The second-order valence-electron chi connectivity index (χ2n) is 6.41. The van der Waals surface area contributed by atoms with Crippen LogP contribution < -0.4 is 15.1 Å². The molecule has 0 spiro atoms. The maximum Gasteiger partial charge on any atom is 0.281 e. The Kier molecular flexibility index (Phi) is 5.36. The van der Waals surface area contributed by atoms with E-state index < -0.39 is 0 Å². The van der Waals surface area contributed by atoms with Crippen LogP contribution in [0.3, 0.4) is 0 Å². The topological polar surface area (TPSA) is 75.5 Å². The van der Waals surface area contributed by atoms with Crippen LogP contribution in [-0.2, 0) is 4.79 Å². The zero-order valence-electron chi connectivity index (χ0n) is 14.8. The van der Waals surface area contributed by atoms with E-state index in [0.717, 1.165) is 43.4 Å². The molecule has 0 atom stereocenters. The summed E-state index contributed by atoms with van der Waals surface area (Å²) in [7, 11) is 0. The van der Waals surface area contributed by atoms with Crippen LogP contribution in [0.5, 0.6) is 0 Å². The zero-order valence-corrected chi connectivity index (χ0v) is 15.7. The third-order valence-electron chi connectivity index (χ3n) is 4.54. The molecule has 3 aromatic rings. The molecule has 0 bridgehead atoms. The van der Waals surface area contributed by atoms with Crippen LogP contribution in [-0.4, -0.2) is 53.6 Å². The number of carbonyl (C=O) groups excluding carboxylic acids is 1. The molecule has 0 unspecified atom stereocenters. The van der Waals surface area contributed by atoms with Crippen LogP contribution in [0, 0.1) is 0 Å². The number of thiazole rings is 1. The summed E-state index contributed by atoms with van der Waals surface area (Å²) in [5.41, 5.74) is 1.94. The highest BCUT2D eigenvalue weighted by Crippen LogP contribution is 2.24. The number of hydrogen-bond donors (Lipinski definition) is 2. The van der Waals surface area contributed by atoms with Crippen LogP contribution in [0.4, 0.5) is 11.1 Å². The number of benzene rings is 1. The molecule has 4 rings (SSSR count). The van der Waals surface area contributed by atoms with Crippen molar-refractivity contribution >= 4 is 28.3 Å². The summed E-state index contributed by atoms with van der Waals surface area (Å²) in [5, 5.41) is 5.55. The van der Waals surface area contributed by atoms with Gasteiger partial charge in [-0.1, -0.05) is 30.3 Å².